The Balaban J connectivity index is 1.34. The number of aryl methyl sites for hydroxylation is 1. The number of halogens is 1. The predicted molar refractivity (Wildman–Crippen MR) is 161 cm³/mol. The fourth-order valence-electron chi connectivity index (χ4n) is 5.09. The number of carbonyl (C=O) groups is 1. The fraction of sp³-hybridized carbons (Fsp3) is 0.161. The van der Waals surface area contributed by atoms with Gasteiger partial charge < -0.3 is 4.57 Å². The molecular weight excluding hydrogens is 562 g/mol. The number of hydrogen-bond donors (Lipinski definition) is 0. The van der Waals surface area contributed by atoms with Crippen LogP contribution in [0.3, 0.4) is 0 Å². The summed E-state index contributed by atoms with van der Waals surface area (Å²) >= 11 is 7.94. The molecule has 0 spiro atoms. The van der Waals surface area contributed by atoms with Crippen LogP contribution >= 0.6 is 22.9 Å². The maximum absolute atomic E-state index is 13.8. The van der Waals surface area contributed by atoms with Gasteiger partial charge in [0.15, 0.2) is 9.84 Å². The summed E-state index contributed by atoms with van der Waals surface area (Å²) in [5.41, 5.74) is 4.43. The van der Waals surface area contributed by atoms with Crippen LogP contribution in [0.25, 0.3) is 10.9 Å². The molecular formula is C31H26ClN3O3S2. The first-order valence-electron chi connectivity index (χ1n) is 12.8. The Morgan fingerprint density at radius 3 is 2.50 bits per heavy atom. The summed E-state index contributed by atoms with van der Waals surface area (Å²) in [4.78, 5) is 14.8. The zero-order valence-corrected chi connectivity index (χ0v) is 24.1. The molecule has 40 heavy (non-hydrogen) atoms. The smallest absolute Gasteiger partial charge is 0.258 e. The number of para-hydroxylation sites is 1. The first-order chi connectivity index (χ1) is 19.3. The zero-order valence-electron chi connectivity index (χ0n) is 21.7. The van der Waals surface area contributed by atoms with E-state index in [9.17, 15) is 13.2 Å². The number of carbonyl (C=O) groups excluding carboxylic acids is 1. The maximum atomic E-state index is 13.8. The molecule has 0 bridgehead atoms. The third-order valence-electron chi connectivity index (χ3n) is 7.13. The van der Waals surface area contributed by atoms with Crippen molar-refractivity contribution in [2.75, 3.05) is 5.75 Å². The van der Waals surface area contributed by atoms with E-state index in [4.69, 9.17) is 11.6 Å². The third-order valence-corrected chi connectivity index (χ3v) is 10.0. The summed E-state index contributed by atoms with van der Waals surface area (Å²) < 4.78 is 29.5. The van der Waals surface area contributed by atoms with Crippen molar-refractivity contribution in [3.8, 4) is 0 Å². The normalized spacial score (nSPS) is 15.5. The third kappa shape index (κ3) is 5.10. The van der Waals surface area contributed by atoms with E-state index in [0.717, 1.165) is 32.8 Å². The summed E-state index contributed by atoms with van der Waals surface area (Å²) in [6.07, 6.45) is 2.13. The Kier molecular flexibility index (Phi) is 7.08. The van der Waals surface area contributed by atoms with Gasteiger partial charge in [-0.1, -0.05) is 83.9 Å². The van der Waals surface area contributed by atoms with Crippen LogP contribution in [-0.4, -0.2) is 35.4 Å². The van der Waals surface area contributed by atoms with E-state index >= 15 is 0 Å². The SMILES string of the molecule is Cc1ccc([C@H]2CC(c3cccs3)=NN2C(=O)CS(=O)(=O)c2cn(Cc3ccccc3Cl)c3ccccc23)cc1. The molecule has 3 aromatic carbocycles. The van der Waals surface area contributed by atoms with Crippen molar-refractivity contribution in [1.29, 1.82) is 0 Å². The van der Waals surface area contributed by atoms with Gasteiger partial charge in [-0.05, 0) is 41.6 Å². The second-order valence-electron chi connectivity index (χ2n) is 9.88. The molecule has 0 fully saturated rings. The van der Waals surface area contributed by atoms with Crippen LogP contribution in [0.5, 0.6) is 0 Å². The number of fused-ring (bicyclic) bond motifs is 1. The molecule has 0 unspecified atom stereocenters. The van der Waals surface area contributed by atoms with Crippen LogP contribution in [0.4, 0.5) is 0 Å². The van der Waals surface area contributed by atoms with Crippen molar-refractivity contribution in [2.24, 2.45) is 5.10 Å². The molecule has 0 N–H and O–H groups in total. The van der Waals surface area contributed by atoms with Crippen molar-refractivity contribution in [3.05, 3.63) is 123 Å². The maximum Gasteiger partial charge on any atom is 0.258 e. The molecule has 5 aromatic rings. The second kappa shape index (κ2) is 10.7. The number of rotatable bonds is 7. The lowest BCUT2D eigenvalue weighted by molar-refractivity contribution is -0.130. The number of benzene rings is 3. The van der Waals surface area contributed by atoms with Crippen molar-refractivity contribution in [1.82, 2.24) is 9.58 Å². The average molecular weight is 588 g/mol. The van der Waals surface area contributed by atoms with Crippen molar-refractivity contribution < 1.29 is 13.2 Å². The molecule has 0 aliphatic carbocycles. The highest BCUT2D eigenvalue weighted by molar-refractivity contribution is 7.92. The zero-order chi connectivity index (χ0) is 27.9. The molecule has 0 radical (unpaired) electrons. The van der Waals surface area contributed by atoms with Gasteiger partial charge in [0.2, 0.25) is 0 Å². The predicted octanol–water partition coefficient (Wildman–Crippen LogP) is 6.86. The molecule has 6 nitrogen and oxygen atoms in total. The van der Waals surface area contributed by atoms with Gasteiger partial charge in [-0.15, -0.1) is 11.3 Å². The quantitative estimate of drug-likeness (QED) is 0.209. The van der Waals surface area contributed by atoms with Crippen LogP contribution in [0, 0.1) is 6.92 Å². The average Bonchev–Trinajstić information content (AvgIpc) is 3.70. The Hall–Kier alpha value is -3.72. The van der Waals surface area contributed by atoms with Gasteiger partial charge in [0.1, 0.15) is 5.75 Å². The Bertz CT molecular complexity index is 1840. The summed E-state index contributed by atoms with van der Waals surface area (Å²) in [6.45, 7) is 2.41. The molecule has 3 heterocycles. The Morgan fingerprint density at radius 1 is 1.00 bits per heavy atom. The minimum Gasteiger partial charge on any atom is -0.342 e. The summed E-state index contributed by atoms with van der Waals surface area (Å²) in [6, 6.07) is 26.3. The lowest BCUT2D eigenvalue weighted by Crippen LogP contribution is -2.32. The van der Waals surface area contributed by atoms with Crippen molar-refractivity contribution >= 4 is 55.3 Å². The molecule has 202 valence electrons. The van der Waals surface area contributed by atoms with Crippen LogP contribution in [0.1, 0.15) is 34.0 Å². The second-order valence-corrected chi connectivity index (χ2v) is 13.2. The van der Waals surface area contributed by atoms with Crippen molar-refractivity contribution in [3.63, 3.8) is 0 Å². The number of thiophene rings is 1. The van der Waals surface area contributed by atoms with Gasteiger partial charge in [-0.25, -0.2) is 13.4 Å². The minimum atomic E-state index is -4.00. The van der Waals surface area contributed by atoms with Crippen molar-refractivity contribution in [2.45, 2.75) is 30.8 Å². The molecule has 1 aliphatic rings. The summed E-state index contributed by atoms with van der Waals surface area (Å²) in [5.74, 6) is -1.24. The largest absolute Gasteiger partial charge is 0.342 e. The van der Waals surface area contributed by atoms with Gasteiger partial charge >= 0.3 is 0 Å². The van der Waals surface area contributed by atoms with Crippen LogP contribution in [0.15, 0.2) is 107 Å². The lowest BCUT2D eigenvalue weighted by Gasteiger charge is -2.22. The Morgan fingerprint density at radius 2 is 1.75 bits per heavy atom. The van der Waals surface area contributed by atoms with E-state index in [1.54, 1.807) is 29.7 Å². The van der Waals surface area contributed by atoms with E-state index in [0.29, 0.717) is 23.4 Å². The van der Waals surface area contributed by atoms with E-state index < -0.39 is 21.5 Å². The highest BCUT2D eigenvalue weighted by Crippen LogP contribution is 2.35. The lowest BCUT2D eigenvalue weighted by atomic mass is 10.00. The summed E-state index contributed by atoms with van der Waals surface area (Å²) in [5, 5.41) is 9.15. The molecule has 0 saturated heterocycles. The van der Waals surface area contributed by atoms with E-state index in [-0.39, 0.29) is 10.9 Å². The summed E-state index contributed by atoms with van der Waals surface area (Å²) in [7, 11) is -4.00. The van der Waals surface area contributed by atoms with Crippen LogP contribution < -0.4 is 0 Å². The number of hydrogen-bond acceptors (Lipinski definition) is 5. The minimum absolute atomic E-state index is 0.122. The number of nitrogens with zero attached hydrogens (tertiary/aromatic N) is 3. The molecule has 2 aromatic heterocycles. The molecule has 1 amide bonds. The van der Waals surface area contributed by atoms with E-state index in [1.807, 2.05) is 89.7 Å². The first kappa shape index (κ1) is 26.5. The molecule has 6 rings (SSSR count). The molecule has 0 saturated carbocycles. The number of hydrazone groups is 1. The monoisotopic (exact) mass is 587 g/mol. The number of amides is 1. The van der Waals surface area contributed by atoms with Gasteiger partial charge in [0.05, 0.1) is 21.5 Å². The molecule has 9 heteroatoms. The van der Waals surface area contributed by atoms with Gasteiger partial charge in [-0.3, -0.25) is 4.79 Å². The number of aromatic nitrogens is 1. The van der Waals surface area contributed by atoms with E-state index in [2.05, 4.69) is 5.10 Å². The Labute approximate surface area is 242 Å². The molecule has 1 atom stereocenters. The highest BCUT2D eigenvalue weighted by atomic mass is 35.5. The van der Waals surface area contributed by atoms with Gasteiger partial charge in [-0.2, -0.15) is 5.10 Å². The topological polar surface area (TPSA) is 71.7 Å². The fourth-order valence-corrected chi connectivity index (χ4v) is 7.41. The van der Waals surface area contributed by atoms with Gasteiger partial charge in [0, 0.05) is 35.1 Å². The van der Waals surface area contributed by atoms with Crippen LogP contribution in [0.2, 0.25) is 5.02 Å². The van der Waals surface area contributed by atoms with Crippen LogP contribution in [-0.2, 0) is 21.2 Å². The molecule has 1 aliphatic heterocycles. The van der Waals surface area contributed by atoms with Gasteiger partial charge in [0.25, 0.3) is 5.91 Å². The first-order valence-corrected chi connectivity index (χ1v) is 15.8. The highest BCUT2D eigenvalue weighted by Gasteiger charge is 2.36. The standard InChI is InChI=1S/C31H26ClN3O3S2/c1-21-12-14-22(15-13-21)28-17-26(29-11-6-16-39-29)33-35(28)31(36)20-40(37,38)30-19-34(27-10-5-3-8-24(27)30)18-23-7-2-4-9-25(23)32/h2-16,19,28H,17-18,20H2,1H3/t28-/m1/s1. The number of sulfone groups is 1. The van der Waals surface area contributed by atoms with E-state index in [1.165, 1.54) is 5.01 Å².